The van der Waals surface area contributed by atoms with Crippen molar-refractivity contribution in [2.75, 3.05) is 16.6 Å². The Labute approximate surface area is 163 Å². The lowest BCUT2D eigenvalue weighted by molar-refractivity contribution is 0.414. The molecule has 0 bridgehead atoms. The average molecular weight is 419 g/mol. The maximum absolute atomic E-state index is 12.4. The Balaban J connectivity index is 1.76. The number of pyridine rings is 1. The lowest BCUT2D eigenvalue weighted by Crippen LogP contribution is -2.14. The van der Waals surface area contributed by atoms with Crippen molar-refractivity contribution in [2.45, 2.75) is 9.79 Å². The lowest BCUT2D eigenvalue weighted by atomic mass is 10.3. The van der Waals surface area contributed by atoms with Gasteiger partial charge in [-0.15, -0.1) is 0 Å². The highest BCUT2D eigenvalue weighted by molar-refractivity contribution is 7.93. The number of nitrogens with one attached hydrogen (secondary N) is 2. The first-order chi connectivity index (χ1) is 13.3. The number of aromatic nitrogens is 1. The van der Waals surface area contributed by atoms with E-state index in [0.29, 0.717) is 11.4 Å². The summed E-state index contributed by atoms with van der Waals surface area (Å²) in [7, 11) is -6.14. The second-order valence-electron chi connectivity index (χ2n) is 5.65. The first-order valence-electron chi connectivity index (χ1n) is 8.00. The number of nitrogens with zero attached hydrogens (tertiary/aromatic N) is 1. The van der Waals surface area contributed by atoms with Crippen LogP contribution in [0.25, 0.3) is 0 Å². The van der Waals surface area contributed by atoms with Gasteiger partial charge in [0.15, 0.2) is 0 Å². The van der Waals surface area contributed by atoms with Gasteiger partial charge >= 0.3 is 0 Å². The van der Waals surface area contributed by atoms with Crippen LogP contribution in [0, 0.1) is 0 Å². The minimum absolute atomic E-state index is 0.0104. The number of sulfonamides is 2. The number of benzene rings is 2. The SMILES string of the molecule is COc1ccc(S(=O)(=O)Nc2ccc(S(=O)(=O)Nc3cccnc3)cc2)cc1. The molecule has 0 aliphatic heterocycles. The molecule has 2 N–H and O–H groups in total. The quantitative estimate of drug-likeness (QED) is 0.609. The van der Waals surface area contributed by atoms with E-state index >= 15 is 0 Å². The topological polar surface area (TPSA) is 114 Å². The highest BCUT2D eigenvalue weighted by Gasteiger charge is 2.17. The van der Waals surface area contributed by atoms with Crippen molar-refractivity contribution in [1.29, 1.82) is 0 Å². The Morgan fingerprint density at radius 2 is 1.29 bits per heavy atom. The second kappa shape index (κ2) is 7.87. The summed E-state index contributed by atoms with van der Waals surface area (Å²) < 4.78 is 59.5. The molecule has 8 nitrogen and oxygen atoms in total. The van der Waals surface area contributed by atoms with Gasteiger partial charge in [-0.3, -0.25) is 14.4 Å². The van der Waals surface area contributed by atoms with Crippen molar-refractivity contribution in [3.8, 4) is 5.75 Å². The van der Waals surface area contributed by atoms with E-state index < -0.39 is 20.0 Å². The third kappa shape index (κ3) is 4.59. The molecule has 0 saturated heterocycles. The molecule has 0 aliphatic rings. The predicted molar refractivity (Wildman–Crippen MR) is 105 cm³/mol. The van der Waals surface area contributed by atoms with E-state index in [4.69, 9.17) is 4.74 Å². The Kier molecular flexibility index (Phi) is 5.52. The van der Waals surface area contributed by atoms with Crippen LogP contribution in [0.5, 0.6) is 5.75 Å². The summed E-state index contributed by atoms with van der Waals surface area (Å²) in [6.45, 7) is 0. The fraction of sp³-hybridized carbons (Fsp3) is 0.0556. The van der Waals surface area contributed by atoms with Crippen molar-refractivity contribution < 1.29 is 21.6 Å². The zero-order valence-electron chi connectivity index (χ0n) is 14.7. The largest absolute Gasteiger partial charge is 0.497 e. The van der Waals surface area contributed by atoms with Crippen LogP contribution in [0.3, 0.4) is 0 Å². The van der Waals surface area contributed by atoms with Crippen LogP contribution in [-0.2, 0) is 20.0 Å². The Bertz CT molecular complexity index is 1150. The minimum atomic E-state index is -3.81. The van der Waals surface area contributed by atoms with E-state index in [1.165, 1.54) is 68.0 Å². The third-order valence-electron chi connectivity index (χ3n) is 3.70. The van der Waals surface area contributed by atoms with Gasteiger partial charge in [-0.25, -0.2) is 16.8 Å². The molecule has 146 valence electrons. The molecule has 0 spiro atoms. The van der Waals surface area contributed by atoms with Gasteiger partial charge in [0.1, 0.15) is 5.75 Å². The van der Waals surface area contributed by atoms with Crippen molar-refractivity contribution in [1.82, 2.24) is 4.98 Å². The molecule has 0 saturated carbocycles. The van der Waals surface area contributed by atoms with Crippen LogP contribution in [0.4, 0.5) is 11.4 Å². The average Bonchev–Trinajstić information content (AvgIpc) is 2.68. The normalized spacial score (nSPS) is 11.6. The summed E-state index contributed by atoms with van der Waals surface area (Å²) in [4.78, 5) is 3.89. The van der Waals surface area contributed by atoms with Crippen LogP contribution in [0.2, 0.25) is 0 Å². The molecule has 0 aliphatic carbocycles. The molecular formula is C18H17N3O5S2. The molecule has 3 rings (SSSR count). The number of anilines is 2. The van der Waals surface area contributed by atoms with Crippen molar-refractivity contribution in [3.63, 3.8) is 0 Å². The fourth-order valence-electron chi connectivity index (χ4n) is 2.31. The maximum Gasteiger partial charge on any atom is 0.261 e. The van der Waals surface area contributed by atoms with E-state index in [2.05, 4.69) is 14.4 Å². The second-order valence-corrected chi connectivity index (χ2v) is 9.02. The Morgan fingerprint density at radius 3 is 1.79 bits per heavy atom. The zero-order valence-corrected chi connectivity index (χ0v) is 16.4. The maximum atomic E-state index is 12.4. The van der Waals surface area contributed by atoms with E-state index in [1.807, 2.05) is 0 Å². The van der Waals surface area contributed by atoms with Gasteiger partial charge < -0.3 is 4.74 Å². The lowest BCUT2D eigenvalue weighted by Gasteiger charge is -2.10. The number of rotatable bonds is 7. The summed E-state index contributed by atoms with van der Waals surface area (Å²) in [5.74, 6) is 0.537. The molecule has 2 aromatic carbocycles. The van der Waals surface area contributed by atoms with Gasteiger partial charge in [-0.05, 0) is 60.7 Å². The van der Waals surface area contributed by atoms with Crippen molar-refractivity contribution in [3.05, 3.63) is 73.1 Å². The predicted octanol–water partition coefficient (Wildman–Crippen LogP) is 2.69. The van der Waals surface area contributed by atoms with E-state index in [-0.39, 0.29) is 15.5 Å². The highest BCUT2D eigenvalue weighted by Crippen LogP contribution is 2.21. The summed E-state index contributed by atoms with van der Waals surface area (Å²) in [5, 5.41) is 0. The molecule has 10 heteroatoms. The van der Waals surface area contributed by atoms with Gasteiger partial charge in [0.25, 0.3) is 20.0 Å². The molecule has 1 aromatic heterocycles. The van der Waals surface area contributed by atoms with Crippen LogP contribution < -0.4 is 14.2 Å². The Morgan fingerprint density at radius 1 is 0.750 bits per heavy atom. The summed E-state index contributed by atoms with van der Waals surface area (Å²) in [5.41, 5.74) is 0.558. The van der Waals surface area contributed by atoms with Gasteiger partial charge in [-0.1, -0.05) is 0 Å². The molecule has 0 unspecified atom stereocenters. The van der Waals surface area contributed by atoms with Crippen LogP contribution in [0.15, 0.2) is 82.8 Å². The van der Waals surface area contributed by atoms with E-state index in [0.717, 1.165) is 0 Å². The molecule has 1 heterocycles. The molecule has 0 amide bonds. The standard InChI is InChI=1S/C18H17N3O5S2/c1-26-16-6-10-18(11-7-16)27(22,23)20-14-4-8-17(9-5-14)28(24,25)21-15-3-2-12-19-13-15/h2-13,20-21H,1H3. The van der Waals surface area contributed by atoms with Crippen LogP contribution >= 0.6 is 0 Å². The van der Waals surface area contributed by atoms with Gasteiger partial charge in [-0.2, -0.15) is 0 Å². The van der Waals surface area contributed by atoms with Crippen LogP contribution in [0.1, 0.15) is 0 Å². The first kappa shape index (κ1) is 19.6. The van der Waals surface area contributed by atoms with E-state index in [9.17, 15) is 16.8 Å². The fourth-order valence-corrected chi connectivity index (χ4v) is 4.41. The minimum Gasteiger partial charge on any atom is -0.497 e. The van der Waals surface area contributed by atoms with Crippen LogP contribution in [-0.4, -0.2) is 28.9 Å². The van der Waals surface area contributed by atoms with Gasteiger partial charge in [0.05, 0.1) is 28.8 Å². The van der Waals surface area contributed by atoms with Crippen molar-refractivity contribution >= 4 is 31.4 Å². The number of hydrogen-bond donors (Lipinski definition) is 2. The zero-order chi connectivity index (χ0) is 20.2. The number of ether oxygens (including phenoxy) is 1. The molecule has 0 fully saturated rings. The van der Waals surface area contributed by atoms with Crippen molar-refractivity contribution in [2.24, 2.45) is 0 Å². The molecular weight excluding hydrogens is 402 g/mol. The van der Waals surface area contributed by atoms with Gasteiger partial charge in [0.2, 0.25) is 0 Å². The molecule has 0 atom stereocenters. The first-order valence-corrected chi connectivity index (χ1v) is 11.0. The van der Waals surface area contributed by atoms with E-state index in [1.54, 1.807) is 12.1 Å². The summed E-state index contributed by atoms with van der Waals surface area (Å²) in [6.07, 6.45) is 2.91. The Hall–Kier alpha value is -3.11. The molecule has 3 aromatic rings. The van der Waals surface area contributed by atoms with Gasteiger partial charge in [0, 0.05) is 11.9 Å². The highest BCUT2D eigenvalue weighted by atomic mass is 32.2. The molecule has 0 radical (unpaired) electrons. The smallest absolute Gasteiger partial charge is 0.261 e. The number of methoxy groups -OCH3 is 1. The molecule has 28 heavy (non-hydrogen) atoms. The monoisotopic (exact) mass is 419 g/mol. The number of hydrogen-bond acceptors (Lipinski definition) is 6. The third-order valence-corrected chi connectivity index (χ3v) is 6.49. The summed E-state index contributed by atoms with van der Waals surface area (Å²) in [6, 6.07) is 14.4. The summed E-state index contributed by atoms with van der Waals surface area (Å²) >= 11 is 0.